The molecule has 1 aliphatic carbocycles. The van der Waals surface area contributed by atoms with Crippen LogP contribution < -0.4 is 5.73 Å². The van der Waals surface area contributed by atoms with Crippen molar-refractivity contribution in [1.82, 2.24) is 4.57 Å². The predicted molar refractivity (Wildman–Crippen MR) is 98.6 cm³/mol. The van der Waals surface area contributed by atoms with Crippen LogP contribution in [-0.4, -0.2) is 4.57 Å². The molecular formula is C21H24N2. The molecule has 0 aliphatic heterocycles. The lowest BCUT2D eigenvalue weighted by Gasteiger charge is -2.26. The number of benzene rings is 2. The highest BCUT2D eigenvalue weighted by Gasteiger charge is 2.21. The zero-order valence-corrected chi connectivity index (χ0v) is 13.8. The number of aromatic nitrogens is 1. The van der Waals surface area contributed by atoms with Crippen molar-refractivity contribution in [2.24, 2.45) is 0 Å². The maximum absolute atomic E-state index is 6.01. The predicted octanol–water partition coefficient (Wildman–Crippen LogP) is 5.70. The van der Waals surface area contributed by atoms with Gasteiger partial charge in [-0.1, -0.05) is 49.1 Å². The summed E-state index contributed by atoms with van der Waals surface area (Å²) in [7, 11) is 0. The SMILES string of the molecule is Cc1ccc(-c2cc3cc(N)ccc3n2C2CCCCC2)cc1. The molecule has 4 rings (SSSR count). The first-order valence-corrected chi connectivity index (χ1v) is 8.70. The standard InChI is InChI=1S/C21H24N2/c1-15-7-9-16(10-8-15)21-14-17-13-18(22)11-12-20(17)23(21)19-5-3-2-4-6-19/h7-14,19H,2-6,22H2,1H3. The van der Waals surface area contributed by atoms with Crippen molar-refractivity contribution in [2.45, 2.75) is 45.1 Å². The minimum atomic E-state index is 0.612. The third kappa shape index (κ3) is 2.63. The number of nitrogen functional groups attached to an aromatic ring is 1. The van der Waals surface area contributed by atoms with Crippen LogP contribution in [0.25, 0.3) is 22.2 Å². The number of aryl methyl sites for hydroxylation is 1. The van der Waals surface area contributed by atoms with Gasteiger partial charge in [-0.05, 0) is 49.6 Å². The van der Waals surface area contributed by atoms with Gasteiger partial charge in [-0.3, -0.25) is 0 Å². The smallest absolute Gasteiger partial charge is 0.0493 e. The number of anilines is 1. The summed E-state index contributed by atoms with van der Waals surface area (Å²) in [6, 6.07) is 18.1. The van der Waals surface area contributed by atoms with Crippen molar-refractivity contribution in [1.29, 1.82) is 0 Å². The van der Waals surface area contributed by atoms with Crippen molar-refractivity contribution in [3.63, 3.8) is 0 Å². The van der Waals surface area contributed by atoms with E-state index >= 15 is 0 Å². The number of hydrogen-bond donors (Lipinski definition) is 1. The van der Waals surface area contributed by atoms with Gasteiger partial charge in [0.25, 0.3) is 0 Å². The Bertz CT molecular complexity index is 821. The average Bonchev–Trinajstić information content (AvgIpc) is 2.94. The minimum Gasteiger partial charge on any atom is -0.399 e. The summed E-state index contributed by atoms with van der Waals surface area (Å²) in [5, 5.41) is 1.26. The van der Waals surface area contributed by atoms with Crippen LogP contribution >= 0.6 is 0 Å². The summed E-state index contributed by atoms with van der Waals surface area (Å²) in [4.78, 5) is 0. The molecule has 2 heteroatoms. The van der Waals surface area contributed by atoms with Crippen molar-refractivity contribution in [3.05, 3.63) is 54.1 Å². The van der Waals surface area contributed by atoms with Crippen LogP contribution in [-0.2, 0) is 0 Å². The van der Waals surface area contributed by atoms with Gasteiger partial charge in [-0.15, -0.1) is 0 Å². The van der Waals surface area contributed by atoms with E-state index in [2.05, 4.69) is 54.0 Å². The Morgan fingerprint density at radius 1 is 0.913 bits per heavy atom. The fourth-order valence-electron chi connectivity index (χ4n) is 3.93. The number of nitrogens with two attached hydrogens (primary N) is 1. The monoisotopic (exact) mass is 304 g/mol. The molecule has 0 spiro atoms. The van der Waals surface area contributed by atoms with Gasteiger partial charge in [0.05, 0.1) is 0 Å². The van der Waals surface area contributed by atoms with Gasteiger partial charge < -0.3 is 10.3 Å². The molecule has 23 heavy (non-hydrogen) atoms. The number of fused-ring (bicyclic) bond motifs is 1. The van der Waals surface area contributed by atoms with Gasteiger partial charge in [-0.2, -0.15) is 0 Å². The van der Waals surface area contributed by atoms with E-state index in [4.69, 9.17) is 5.73 Å². The Labute approximate surface area is 137 Å². The van der Waals surface area contributed by atoms with E-state index in [0.717, 1.165) is 5.69 Å². The lowest BCUT2D eigenvalue weighted by Crippen LogP contribution is -2.13. The molecule has 3 aromatic rings. The molecule has 118 valence electrons. The molecule has 0 radical (unpaired) electrons. The average molecular weight is 304 g/mol. The molecule has 0 saturated heterocycles. The Hall–Kier alpha value is -2.22. The van der Waals surface area contributed by atoms with Gasteiger partial charge >= 0.3 is 0 Å². The molecule has 0 bridgehead atoms. The minimum absolute atomic E-state index is 0.612. The van der Waals surface area contributed by atoms with Crippen molar-refractivity contribution in [3.8, 4) is 11.3 Å². The summed E-state index contributed by atoms with van der Waals surface area (Å²) in [5.41, 5.74) is 12.1. The molecule has 1 aliphatic rings. The lowest BCUT2D eigenvalue weighted by atomic mass is 9.94. The lowest BCUT2D eigenvalue weighted by molar-refractivity contribution is 0.363. The van der Waals surface area contributed by atoms with E-state index in [1.54, 1.807) is 0 Å². The van der Waals surface area contributed by atoms with Crippen LogP contribution in [0.5, 0.6) is 0 Å². The zero-order valence-electron chi connectivity index (χ0n) is 13.8. The summed E-state index contributed by atoms with van der Waals surface area (Å²) in [5.74, 6) is 0. The molecule has 2 N–H and O–H groups in total. The summed E-state index contributed by atoms with van der Waals surface area (Å²) >= 11 is 0. The fourth-order valence-corrected chi connectivity index (χ4v) is 3.93. The molecule has 2 aromatic carbocycles. The van der Waals surface area contributed by atoms with E-state index in [1.807, 2.05) is 6.07 Å². The third-order valence-electron chi connectivity index (χ3n) is 5.15. The van der Waals surface area contributed by atoms with Crippen LogP contribution in [0.2, 0.25) is 0 Å². The Morgan fingerprint density at radius 3 is 2.39 bits per heavy atom. The molecular weight excluding hydrogens is 280 g/mol. The second kappa shape index (κ2) is 5.77. The quantitative estimate of drug-likeness (QED) is 0.604. The van der Waals surface area contributed by atoms with E-state index in [9.17, 15) is 0 Å². The largest absolute Gasteiger partial charge is 0.399 e. The van der Waals surface area contributed by atoms with E-state index in [0.29, 0.717) is 6.04 Å². The highest BCUT2D eigenvalue weighted by Crippen LogP contribution is 2.38. The van der Waals surface area contributed by atoms with Gasteiger partial charge in [0.15, 0.2) is 0 Å². The molecule has 1 heterocycles. The van der Waals surface area contributed by atoms with Gasteiger partial charge in [-0.25, -0.2) is 0 Å². The normalized spacial score (nSPS) is 16.0. The van der Waals surface area contributed by atoms with Crippen molar-refractivity contribution in [2.75, 3.05) is 5.73 Å². The Kier molecular flexibility index (Phi) is 3.60. The summed E-state index contributed by atoms with van der Waals surface area (Å²) in [6.45, 7) is 2.14. The first-order chi connectivity index (χ1) is 11.2. The van der Waals surface area contributed by atoms with Gasteiger partial charge in [0.1, 0.15) is 0 Å². The first-order valence-electron chi connectivity index (χ1n) is 8.70. The number of hydrogen-bond acceptors (Lipinski definition) is 1. The highest BCUT2D eigenvalue weighted by atomic mass is 15.0. The maximum Gasteiger partial charge on any atom is 0.0493 e. The molecule has 0 unspecified atom stereocenters. The molecule has 0 amide bonds. The van der Waals surface area contributed by atoms with Crippen LogP contribution in [0, 0.1) is 6.92 Å². The second-order valence-electron chi connectivity index (χ2n) is 6.88. The van der Waals surface area contributed by atoms with Crippen molar-refractivity contribution < 1.29 is 0 Å². The van der Waals surface area contributed by atoms with Crippen molar-refractivity contribution >= 4 is 16.6 Å². The van der Waals surface area contributed by atoms with Crippen LogP contribution in [0.15, 0.2) is 48.5 Å². The maximum atomic E-state index is 6.01. The van der Waals surface area contributed by atoms with Gasteiger partial charge in [0, 0.05) is 28.3 Å². The number of nitrogens with zero attached hydrogens (tertiary/aromatic N) is 1. The van der Waals surface area contributed by atoms with E-state index in [1.165, 1.54) is 59.8 Å². The molecule has 0 atom stereocenters. The Morgan fingerprint density at radius 2 is 1.65 bits per heavy atom. The zero-order chi connectivity index (χ0) is 15.8. The van der Waals surface area contributed by atoms with E-state index in [-0.39, 0.29) is 0 Å². The third-order valence-corrected chi connectivity index (χ3v) is 5.15. The number of rotatable bonds is 2. The van der Waals surface area contributed by atoms with Gasteiger partial charge in [0.2, 0.25) is 0 Å². The second-order valence-corrected chi connectivity index (χ2v) is 6.88. The summed E-state index contributed by atoms with van der Waals surface area (Å²) in [6.07, 6.45) is 6.63. The first kappa shape index (κ1) is 14.4. The molecule has 1 fully saturated rings. The molecule has 2 nitrogen and oxygen atoms in total. The molecule has 1 saturated carbocycles. The molecule has 1 aromatic heterocycles. The Balaban J connectivity index is 1.92. The topological polar surface area (TPSA) is 30.9 Å². The fraction of sp³-hybridized carbons (Fsp3) is 0.333. The van der Waals surface area contributed by atoms with E-state index < -0.39 is 0 Å². The highest BCUT2D eigenvalue weighted by molar-refractivity contribution is 5.89. The van der Waals surface area contributed by atoms with Crippen LogP contribution in [0.3, 0.4) is 0 Å². The summed E-state index contributed by atoms with van der Waals surface area (Å²) < 4.78 is 2.57. The van der Waals surface area contributed by atoms with Crippen LogP contribution in [0.1, 0.15) is 43.7 Å². The van der Waals surface area contributed by atoms with Crippen LogP contribution in [0.4, 0.5) is 5.69 Å².